The van der Waals surface area contributed by atoms with Crippen molar-refractivity contribution in [3.63, 3.8) is 0 Å². The van der Waals surface area contributed by atoms with Crippen molar-refractivity contribution in [3.8, 4) is 0 Å². The van der Waals surface area contributed by atoms with Crippen molar-refractivity contribution < 1.29 is 49.9 Å². The van der Waals surface area contributed by atoms with Crippen LogP contribution in [-0.4, -0.2) is 56.4 Å². The Morgan fingerprint density at radius 1 is 0.926 bits per heavy atom. The Balaban J connectivity index is 0. The van der Waals surface area contributed by atoms with Gasteiger partial charge in [-0.2, -0.15) is 21.6 Å². The number of hydrogen-bond donors (Lipinski definition) is 1. The van der Waals surface area contributed by atoms with E-state index in [2.05, 4.69) is 13.7 Å². The molecule has 0 bridgehead atoms. The highest BCUT2D eigenvalue weighted by Crippen LogP contribution is 2.26. The topological polar surface area (TPSA) is 116 Å². The first-order chi connectivity index (χ1) is 12.4. The lowest BCUT2D eigenvalue weighted by Crippen LogP contribution is -2.35. The molecule has 8 nitrogen and oxygen atoms in total. The van der Waals surface area contributed by atoms with Gasteiger partial charge in [0.05, 0.1) is 13.2 Å². The first-order valence-electron chi connectivity index (χ1n) is 8.38. The molecule has 0 aromatic carbocycles. The van der Waals surface area contributed by atoms with Gasteiger partial charge in [-0.3, -0.25) is 0 Å². The highest BCUT2D eigenvalue weighted by molar-refractivity contribution is 7.87. The normalized spacial score (nSPS) is 13.8. The Hall–Kier alpha value is -1.40. The highest BCUT2D eigenvalue weighted by atomic mass is 32.2. The van der Waals surface area contributed by atoms with Gasteiger partial charge in [-0.05, 0) is 26.7 Å². The molecule has 0 fully saturated rings. The molecule has 0 aliphatic rings. The van der Waals surface area contributed by atoms with Crippen molar-refractivity contribution in [1.29, 1.82) is 0 Å². The van der Waals surface area contributed by atoms with Crippen LogP contribution in [0.25, 0.3) is 0 Å². The van der Waals surface area contributed by atoms with E-state index in [-0.39, 0.29) is 19.4 Å². The lowest BCUT2D eigenvalue weighted by molar-refractivity contribution is -0.153. The van der Waals surface area contributed by atoms with Crippen LogP contribution in [0.5, 0.6) is 0 Å². The van der Waals surface area contributed by atoms with Gasteiger partial charge in [0, 0.05) is 0 Å². The van der Waals surface area contributed by atoms with Gasteiger partial charge >= 0.3 is 27.6 Å². The number of alkyl halides is 3. The predicted octanol–water partition coefficient (Wildman–Crippen LogP) is 2.29. The molecule has 0 saturated carbocycles. The van der Waals surface area contributed by atoms with Gasteiger partial charge < -0.3 is 14.6 Å². The van der Waals surface area contributed by atoms with Gasteiger partial charge in [-0.25, -0.2) is 13.8 Å². The van der Waals surface area contributed by atoms with Crippen LogP contribution in [0.1, 0.15) is 53.4 Å². The third-order valence-corrected chi connectivity index (χ3v) is 3.80. The molecule has 0 aromatic rings. The van der Waals surface area contributed by atoms with E-state index in [4.69, 9.17) is 5.11 Å². The summed E-state index contributed by atoms with van der Waals surface area (Å²) in [7, 11) is -5.78. The smallest absolute Gasteiger partial charge is 0.464 e. The molecule has 0 radical (unpaired) electrons. The number of carbonyl (C=O) groups excluding carboxylic acids is 2. The summed E-state index contributed by atoms with van der Waals surface area (Å²) in [5.74, 6) is -1.63. The summed E-state index contributed by atoms with van der Waals surface area (Å²) in [5.41, 5.74) is -5.55. The molecule has 27 heavy (non-hydrogen) atoms. The molecule has 2 unspecified atom stereocenters. The maximum Gasteiger partial charge on any atom is 0.523 e. The standard InChI is InChI=1S/C8H13F3O5S.C7H14O3/c1-3-5-6(7(12)15-4-2)16-17(13,14)8(9,10)11;1-3-5-6(8)7(9)10-4-2/h6H,3-5H2,1-2H3;6,8H,3-5H2,1-2H3. The maximum atomic E-state index is 12.0. The van der Waals surface area contributed by atoms with Gasteiger partial charge in [-0.1, -0.05) is 26.7 Å². The third kappa shape index (κ3) is 11.8. The first kappa shape index (κ1) is 27.8. The second-order valence-corrected chi connectivity index (χ2v) is 6.65. The molecule has 0 heterocycles. The minimum atomic E-state index is -5.78. The summed E-state index contributed by atoms with van der Waals surface area (Å²) >= 11 is 0. The zero-order valence-electron chi connectivity index (χ0n) is 15.7. The summed E-state index contributed by atoms with van der Waals surface area (Å²) in [5, 5.41) is 8.97. The van der Waals surface area contributed by atoms with Crippen molar-refractivity contribution in [2.45, 2.75) is 71.1 Å². The Labute approximate surface area is 157 Å². The van der Waals surface area contributed by atoms with Crippen LogP contribution in [0.4, 0.5) is 13.2 Å². The molecule has 0 spiro atoms. The Bertz CT molecular complexity index is 534. The monoisotopic (exact) mass is 424 g/mol. The van der Waals surface area contributed by atoms with E-state index in [1.54, 1.807) is 13.8 Å². The number of aliphatic hydroxyl groups excluding tert-OH is 1. The molecule has 12 heteroatoms. The second-order valence-electron chi connectivity index (χ2n) is 5.08. The van der Waals surface area contributed by atoms with E-state index in [9.17, 15) is 31.2 Å². The first-order valence-corrected chi connectivity index (χ1v) is 9.79. The molecule has 1 N–H and O–H groups in total. The van der Waals surface area contributed by atoms with Crippen LogP contribution in [0.15, 0.2) is 0 Å². The van der Waals surface area contributed by atoms with E-state index >= 15 is 0 Å². The van der Waals surface area contributed by atoms with E-state index in [0.29, 0.717) is 13.0 Å². The zero-order valence-corrected chi connectivity index (χ0v) is 16.6. The number of halogens is 3. The van der Waals surface area contributed by atoms with Crippen molar-refractivity contribution in [1.82, 2.24) is 0 Å². The fourth-order valence-electron chi connectivity index (χ4n) is 1.54. The number of aliphatic hydroxyl groups is 1. The molecule has 0 saturated heterocycles. The predicted molar refractivity (Wildman–Crippen MR) is 88.9 cm³/mol. The highest BCUT2D eigenvalue weighted by Gasteiger charge is 2.49. The minimum absolute atomic E-state index is 0.0749. The third-order valence-electron chi connectivity index (χ3n) is 2.75. The summed E-state index contributed by atoms with van der Waals surface area (Å²) in [6.45, 7) is 6.89. The number of carbonyl (C=O) groups is 2. The Morgan fingerprint density at radius 3 is 1.74 bits per heavy atom. The van der Waals surface area contributed by atoms with Crippen LogP contribution in [0, 0.1) is 0 Å². The van der Waals surface area contributed by atoms with Crippen molar-refractivity contribution in [2.75, 3.05) is 13.2 Å². The van der Waals surface area contributed by atoms with E-state index in [1.807, 2.05) is 6.92 Å². The average Bonchev–Trinajstić information content (AvgIpc) is 2.54. The fraction of sp³-hybridized carbons (Fsp3) is 0.867. The summed E-state index contributed by atoms with van der Waals surface area (Å²) < 4.78 is 70.3. The molecule has 0 aliphatic carbocycles. The molecule has 0 aliphatic heterocycles. The van der Waals surface area contributed by atoms with E-state index in [1.165, 1.54) is 6.92 Å². The van der Waals surface area contributed by atoms with Crippen molar-refractivity contribution in [3.05, 3.63) is 0 Å². The molecule has 0 amide bonds. The lowest BCUT2D eigenvalue weighted by Gasteiger charge is -2.16. The number of ether oxygens (including phenoxy) is 2. The summed E-state index contributed by atoms with van der Waals surface area (Å²) in [4.78, 5) is 21.8. The van der Waals surface area contributed by atoms with Crippen LogP contribution >= 0.6 is 0 Å². The van der Waals surface area contributed by atoms with E-state index in [0.717, 1.165) is 6.42 Å². The van der Waals surface area contributed by atoms with Crippen LogP contribution < -0.4 is 0 Å². The lowest BCUT2D eigenvalue weighted by atomic mass is 10.2. The minimum Gasteiger partial charge on any atom is -0.464 e. The molecular weight excluding hydrogens is 397 g/mol. The Morgan fingerprint density at radius 2 is 1.37 bits per heavy atom. The van der Waals surface area contributed by atoms with Gasteiger partial charge in [0.1, 0.15) is 0 Å². The maximum absolute atomic E-state index is 12.0. The number of hydrogen-bond acceptors (Lipinski definition) is 8. The summed E-state index contributed by atoms with van der Waals surface area (Å²) in [6, 6.07) is 0. The van der Waals surface area contributed by atoms with Gasteiger partial charge in [0.25, 0.3) is 0 Å². The van der Waals surface area contributed by atoms with Crippen LogP contribution in [0.2, 0.25) is 0 Å². The summed E-state index contributed by atoms with van der Waals surface area (Å²) in [6.07, 6.45) is -1.30. The van der Waals surface area contributed by atoms with Crippen molar-refractivity contribution in [2.24, 2.45) is 0 Å². The molecule has 0 rings (SSSR count). The molecule has 0 aromatic heterocycles. The SMILES string of the molecule is CCCC(O)C(=O)OCC.CCCC(OS(=O)(=O)C(F)(F)F)C(=O)OCC. The van der Waals surface area contributed by atoms with Crippen LogP contribution in [0.3, 0.4) is 0 Å². The second kappa shape index (κ2) is 13.7. The average molecular weight is 424 g/mol. The van der Waals surface area contributed by atoms with Crippen LogP contribution in [-0.2, 0) is 33.4 Å². The largest absolute Gasteiger partial charge is 0.523 e. The molecule has 2 atom stereocenters. The van der Waals surface area contributed by atoms with Crippen molar-refractivity contribution >= 4 is 22.1 Å². The zero-order chi connectivity index (χ0) is 21.7. The molecule has 162 valence electrons. The van der Waals surface area contributed by atoms with Gasteiger partial charge in [0.2, 0.25) is 0 Å². The Kier molecular flexibility index (Phi) is 14.1. The van der Waals surface area contributed by atoms with Gasteiger partial charge in [-0.15, -0.1) is 0 Å². The molecular formula is C15H27F3O8S. The number of esters is 2. The quantitative estimate of drug-likeness (QED) is 0.323. The van der Waals surface area contributed by atoms with E-state index < -0.39 is 39.8 Å². The van der Waals surface area contributed by atoms with Gasteiger partial charge in [0.15, 0.2) is 12.2 Å². The fourth-order valence-corrected chi connectivity index (χ4v) is 2.13. The number of rotatable bonds is 10.